The first-order valence-electron chi connectivity index (χ1n) is 7.12. The number of carbonyl (C=O) groups is 2. The van der Waals surface area contributed by atoms with Crippen LogP contribution in [0, 0.1) is 5.41 Å². The third-order valence-corrected chi connectivity index (χ3v) is 4.15. The maximum atomic E-state index is 12.5. The van der Waals surface area contributed by atoms with Crippen LogP contribution in [0.15, 0.2) is 12.3 Å². The molecule has 0 unspecified atom stereocenters. The normalized spacial score (nSPS) is 17.6. The highest BCUT2D eigenvalue weighted by atomic mass is 16.4. The van der Waals surface area contributed by atoms with Crippen molar-refractivity contribution in [2.24, 2.45) is 5.41 Å². The van der Waals surface area contributed by atoms with E-state index >= 15 is 0 Å². The van der Waals surface area contributed by atoms with Crippen molar-refractivity contribution in [3.63, 3.8) is 0 Å². The number of nitrogens with one attached hydrogen (secondary N) is 1. The Balaban J connectivity index is 2.02. The zero-order valence-corrected chi connectivity index (χ0v) is 11.8. The van der Waals surface area contributed by atoms with Crippen LogP contribution >= 0.6 is 0 Å². The molecule has 110 valence electrons. The Morgan fingerprint density at radius 2 is 2.10 bits per heavy atom. The van der Waals surface area contributed by atoms with Gasteiger partial charge in [-0.1, -0.05) is 26.2 Å². The second-order valence-electron chi connectivity index (χ2n) is 5.44. The molecule has 1 aliphatic carbocycles. The number of nitrogens with zero attached hydrogens (tertiary/aromatic N) is 2. The first kappa shape index (κ1) is 14.6. The van der Waals surface area contributed by atoms with E-state index in [1.807, 2.05) is 6.92 Å². The molecule has 2 rings (SSSR count). The topological polar surface area (TPSA) is 84.2 Å². The third-order valence-electron chi connectivity index (χ3n) is 4.15. The number of rotatable bonds is 5. The Bertz CT molecular complexity index is 490. The molecule has 20 heavy (non-hydrogen) atoms. The zero-order chi connectivity index (χ0) is 14.6. The van der Waals surface area contributed by atoms with Gasteiger partial charge in [0, 0.05) is 17.7 Å². The molecule has 0 aliphatic heterocycles. The predicted octanol–water partition coefficient (Wildman–Crippen LogP) is 2.27. The highest BCUT2D eigenvalue weighted by Gasteiger charge is 2.37. The Labute approximate surface area is 118 Å². The van der Waals surface area contributed by atoms with Crippen molar-refractivity contribution in [2.75, 3.05) is 5.32 Å². The van der Waals surface area contributed by atoms with E-state index in [0.29, 0.717) is 5.82 Å². The van der Waals surface area contributed by atoms with Crippen molar-refractivity contribution in [3.8, 4) is 0 Å². The summed E-state index contributed by atoms with van der Waals surface area (Å²) in [6.07, 6.45) is 7.61. The molecule has 0 bridgehead atoms. The first-order valence-corrected chi connectivity index (χ1v) is 7.12. The minimum Gasteiger partial charge on any atom is -0.480 e. The van der Waals surface area contributed by atoms with E-state index in [9.17, 15) is 9.59 Å². The summed E-state index contributed by atoms with van der Waals surface area (Å²) < 4.78 is 1.30. The van der Waals surface area contributed by atoms with Crippen LogP contribution in [-0.2, 0) is 16.1 Å². The van der Waals surface area contributed by atoms with E-state index in [1.165, 1.54) is 11.1 Å². The van der Waals surface area contributed by atoms with E-state index in [4.69, 9.17) is 5.11 Å². The molecule has 1 amide bonds. The molecule has 6 nitrogen and oxygen atoms in total. The van der Waals surface area contributed by atoms with Gasteiger partial charge in [0.15, 0.2) is 5.82 Å². The van der Waals surface area contributed by atoms with E-state index < -0.39 is 5.97 Å². The minimum absolute atomic E-state index is 0.0141. The second kappa shape index (κ2) is 6.07. The number of hydrogen-bond acceptors (Lipinski definition) is 3. The number of hydrogen-bond donors (Lipinski definition) is 2. The number of amides is 1. The molecule has 0 radical (unpaired) electrons. The third kappa shape index (κ3) is 3.18. The zero-order valence-electron chi connectivity index (χ0n) is 11.8. The summed E-state index contributed by atoms with van der Waals surface area (Å²) in [5, 5.41) is 15.6. The Morgan fingerprint density at radius 3 is 2.70 bits per heavy atom. The molecule has 1 fully saturated rings. The van der Waals surface area contributed by atoms with Crippen molar-refractivity contribution >= 4 is 17.7 Å². The van der Waals surface area contributed by atoms with Crippen molar-refractivity contribution in [2.45, 2.75) is 52.0 Å². The van der Waals surface area contributed by atoms with Crippen molar-refractivity contribution < 1.29 is 14.7 Å². The molecule has 1 aliphatic rings. The first-order chi connectivity index (χ1) is 9.55. The van der Waals surface area contributed by atoms with Crippen LogP contribution in [0.3, 0.4) is 0 Å². The Hall–Kier alpha value is -1.85. The van der Waals surface area contributed by atoms with Crippen molar-refractivity contribution in [3.05, 3.63) is 12.3 Å². The van der Waals surface area contributed by atoms with Crippen molar-refractivity contribution in [1.29, 1.82) is 0 Å². The summed E-state index contributed by atoms with van der Waals surface area (Å²) in [6.45, 7) is 1.85. The van der Waals surface area contributed by atoms with Crippen molar-refractivity contribution in [1.82, 2.24) is 9.78 Å². The van der Waals surface area contributed by atoms with Gasteiger partial charge in [-0.15, -0.1) is 0 Å². The van der Waals surface area contributed by atoms with Crippen LogP contribution in [0.4, 0.5) is 5.82 Å². The summed E-state index contributed by atoms with van der Waals surface area (Å²) >= 11 is 0. The molecular weight excluding hydrogens is 258 g/mol. The van der Waals surface area contributed by atoms with Crippen LogP contribution < -0.4 is 5.32 Å². The number of aromatic nitrogens is 2. The number of carbonyl (C=O) groups excluding carboxylic acids is 1. The van der Waals surface area contributed by atoms with Gasteiger partial charge in [0.1, 0.15) is 6.54 Å². The van der Waals surface area contributed by atoms with Gasteiger partial charge >= 0.3 is 5.97 Å². The fourth-order valence-corrected chi connectivity index (χ4v) is 2.87. The van der Waals surface area contributed by atoms with Crippen LogP contribution in [-0.4, -0.2) is 26.8 Å². The van der Waals surface area contributed by atoms with Gasteiger partial charge in [0.2, 0.25) is 5.91 Å². The number of carboxylic acids is 1. The summed E-state index contributed by atoms with van der Waals surface area (Å²) in [6, 6.07) is 1.63. The number of carboxylic acid groups (broad SMARTS) is 1. The molecule has 0 spiro atoms. The average molecular weight is 279 g/mol. The minimum atomic E-state index is -0.955. The van der Waals surface area contributed by atoms with E-state index in [1.54, 1.807) is 12.3 Å². The fourth-order valence-electron chi connectivity index (χ4n) is 2.87. The SMILES string of the molecule is CCC1(C(=O)Nc2ccn(CC(=O)O)n2)CCCCC1. The summed E-state index contributed by atoms with van der Waals surface area (Å²) in [5.74, 6) is -0.516. The lowest BCUT2D eigenvalue weighted by Crippen LogP contribution is -2.37. The average Bonchev–Trinajstić information content (AvgIpc) is 2.85. The molecule has 6 heteroatoms. The van der Waals surface area contributed by atoms with E-state index in [-0.39, 0.29) is 17.9 Å². The van der Waals surface area contributed by atoms with Gasteiger partial charge in [-0.2, -0.15) is 5.10 Å². The standard InChI is InChI=1S/C14H21N3O3/c1-2-14(7-4-3-5-8-14)13(20)15-11-6-9-17(16-11)10-12(18)19/h6,9H,2-5,7-8,10H2,1H3,(H,18,19)(H,15,16,20). The second-order valence-corrected chi connectivity index (χ2v) is 5.44. The predicted molar refractivity (Wildman–Crippen MR) is 74.3 cm³/mol. The molecule has 0 saturated heterocycles. The van der Waals surface area contributed by atoms with Gasteiger partial charge in [-0.05, 0) is 19.3 Å². The molecule has 0 atom stereocenters. The number of anilines is 1. The van der Waals surface area contributed by atoms with E-state index in [2.05, 4.69) is 10.4 Å². The summed E-state index contributed by atoms with van der Waals surface area (Å²) in [7, 11) is 0. The fraction of sp³-hybridized carbons (Fsp3) is 0.643. The molecule has 0 aromatic carbocycles. The quantitative estimate of drug-likeness (QED) is 0.866. The van der Waals surface area contributed by atoms with Gasteiger partial charge in [-0.3, -0.25) is 14.3 Å². The smallest absolute Gasteiger partial charge is 0.325 e. The number of aliphatic carboxylic acids is 1. The summed E-state index contributed by atoms with van der Waals surface area (Å²) in [5.41, 5.74) is -0.283. The van der Waals surface area contributed by atoms with Crippen LogP contribution in [0.25, 0.3) is 0 Å². The molecule has 1 aromatic rings. The largest absolute Gasteiger partial charge is 0.480 e. The van der Waals surface area contributed by atoms with Gasteiger partial charge in [0.25, 0.3) is 0 Å². The maximum absolute atomic E-state index is 12.5. The highest BCUT2D eigenvalue weighted by molar-refractivity contribution is 5.94. The summed E-state index contributed by atoms with van der Waals surface area (Å²) in [4.78, 5) is 23.1. The monoisotopic (exact) mass is 279 g/mol. The van der Waals surface area contributed by atoms with Crippen LogP contribution in [0.5, 0.6) is 0 Å². The Kier molecular flexibility index (Phi) is 4.42. The van der Waals surface area contributed by atoms with Gasteiger partial charge in [0.05, 0.1) is 0 Å². The molecule has 2 N–H and O–H groups in total. The molecular formula is C14H21N3O3. The van der Waals surface area contributed by atoms with E-state index in [0.717, 1.165) is 32.1 Å². The van der Waals surface area contributed by atoms with Gasteiger partial charge in [-0.25, -0.2) is 0 Å². The Morgan fingerprint density at radius 1 is 1.40 bits per heavy atom. The lowest BCUT2D eigenvalue weighted by molar-refractivity contribution is -0.137. The maximum Gasteiger partial charge on any atom is 0.325 e. The van der Waals surface area contributed by atoms with Crippen LogP contribution in [0.1, 0.15) is 45.4 Å². The van der Waals surface area contributed by atoms with Crippen LogP contribution in [0.2, 0.25) is 0 Å². The molecule has 1 saturated carbocycles. The highest BCUT2D eigenvalue weighted by Crippen LogP contribution is 2.39. The lowest BCUT2D eigenvalue weighted by Gasteiger charge is -2.34. The lowest BCUT2D eigenvalue weighted by atomic mass is 9.71. The van der Waals surface area contributed by atoms with Gasteiger partial charge < -0.3 is 10.4 Å². The molecule has 1 heterocycles. The molecule has 1 aromatic heterocycles.